The topological polar surface area (TPSA) is 584 Å². The second kappa shape index (κ2) is 45.3. The van der Waals surface area contributed by atoms with Crippen molar-refractivity contribution in [2.45, 2.75) is 216 Å². The Hall–Kier alpha value is -8.15. The first kappa shape index (κ1) is 82.9. The Bertz CT molecular complexity index is 2650. The first-order chi connectivity index (χ1) is 45.1. The van der Waals surface area contributed by atoms with Crippen LogP contribution in [0.15, 0.2) is 35.3 Å². The molecule has 1 aromatic rings. The number of nitrogens with zero attached hydrogens (tertiary/aromatic N) is 1. The van der Waals surface area contributed by atoms with Crippen molar-refractivity contribution in [2.24, 2.45) is 51.0 Å². The lowest BCUT2D eigenvalue weighted by atomic mass is 10.00. The van der Waals surface area contributed by atoms with Crippen molar-refractivity contribution in [1.82, 2.24) is 63.8 Å². The summed E-state index contributed by atoms with van der Waals surface area (Å²) in [4.78, 5) is 173. The number of amides is 12. The number of nitrogens with two attached hydrogens (primary N) is 7. The van der Waals surface area contributed by atoms with E-state index in [0.717, 1.165) is 32.6 Å². The van der Waals surface area contributed by atoms with Gasteiger partial charge < -0.3 is 114 Å². The summed E-state index contributed by atoms with van der Waals surface area (Å²) in [5.74, 6) is -11.3. The van der Waals surface area contributed by atoms with Crippen molar-refractivity contribution < 1.29 is 67.7 Å². The fourth-order valence-electron chi connectivity index (χ4n) is 9.98. The van der Waals surface area contributed by atoms with Crippen molar-refractivity contribution in [3.63, 3.8) is 0 Å². The van der Waals surface area contributed by atoms with E-state index in [9.17, 15) is 67.7 Å². The van der Waals surface area contributed by atoms with E-state index in [1.807, 2.05) is 0 Å². The third-order valence-electron chi connectivity index (χ3n) is 15.3. The zero-order valence-corrected chi connectivity index (χ0v) is 55.5. The highest BCUT2D eigenvalue weighted by Crippen LogP contribution is 2.12. The number of benzene rings is 1. The summed E-state index contributed by atoms with van der Waals surface area (Å²) >= 11 is 0. The van der Waals surface area contributed by atoms with Crippen LogP contribution in [0.5, 0.6) is 0 Å². The van der Waals surface area contributed by atoms with Crippen LogP contribution in [0.25, 0.3) is 0 Å². The number of aliphatic hydroxyl groups is 2. The van der Waals surface area contributed by atoms with Gasteiger partial charge in [-0.1, -0.05) is 76.8 Å². The summed E-state index contributed by atoms with van der Waals surface area (Å²) in [5, 5.41) is 52.5. The maximum Gasteiger partial charge on any atom is 0.245 e. The van der Waals surface area contributed by atoms with Gasteiger partial charge >= 0.3 is 0 Å². The second-order valence-corrected chi connectivity index (χ2v) is 24.0. The molecule has 1 saturated heterocycles. The Kier molecular flexibility index (Phi) is 39.5. The number of unbranched alkanes of at least 4 members (excludes halogenated alkanes) is 4. The van der Waals surface area contributed by atoms with Gasteiger partial charge in [0.2, 0.25) is 70.9 Å². The van der Waals surface area contributed by atoms with E-state index in [2.05, 4.69) is 75.7 Å². The summed E-state index contributed by atoms with van der Waals surface area (Å²) in [5.41, 5.74) is 41.1. The molecule has 34 heteroatoms. The maximum absolute atomic E-state index is 14.7. The van der Waals surface area contributed by atoms with E-state index >= 15 is 0 Å². The van der Waals surface area contributed by atoms with Gasteiger partial charge in [-0.15, -0.1) is 0 Å². The van der Waals surface area contributed by atoms with Gasteiger partial charge in [0.05, 0.1) is 18.2 Å². The van der Waals surface area contributed by atoms with Crippen LogP contribution < -0.4 is 104 Å². The fraction of sp³-hybridized carbons (Fsp3) is 0.689. The summed E-state index contributed by atoms with van der Waals surface area (Å²) in [6.45, 7) is 6.61. The lowest BCUT2D eigenvalue weighted by molar-refractivity contribution is -0.137. The predicted octanol–water partition coefficient (Wildman–Crippen LogP) is -6.95. The quantitative estimate of drug-likeness (QED) is 0.0171. The van der Waals surface area contributed by atoms with Gasteiger partial charge in [-0.2, -0.15) is 0 Å². The largest absolute Gasteiger partial charge is 0.391 e. The first-order valence-electron chi connectivity index (χ1n) is 32.7. The van der Waals surface area contributed by atoms with Crippen molar-refractivity contribution in [3.05, 3.63) is 35.9 Å². The molecule has 12 amide bonds. The molecule has 0 unspecified atom stereocenters. The van der Waals surface area contributed by atoms with Crippen LogP contribution in [-0.4, -0.2) is 212 Å². The minimum Gasteiger partial charge on any atom is -0.391 e. The fourth-order valence-corrected chi connectivity index (χ4v) is 9.98. The Balaban J connectivity index is 2.76. The molecule has 0 aliphatic carbocycles. The number of hydrogen-bond donors (Lipinski definition) is 21. The van der Waals surface area contributed by atoms with E-state index in [-0.39, 0.29) is 109 Å². The summed E-state index contributed by atoms with van der Waals surface area (Å²) in [6, 6.07) is -8.06. The molecule has 2 rings (SSSR count). The van der Waals surface area contributed by atoms with Gasteiger partial charge in [0.25, 0.3) is 0 Å². The molecule has 0 saturated carbocycles. The number of aliphatic imine (C=N–C) groups is 1. The minimum atomic E-state index is -1.80. The number of aliphatic hydroxyl groups excluding tert-OH is 2. The molecule has 536 valence electrons. The number of hydrogen-bond acceptors (Lipinski definition) is 20. The number of rotatable bonds is 35. The third kappa shape index (κ3) is 31.8. The normalized spacial score (nSPS) is 21.6. The zero-order valence-electron chi connectivity index (χ0n) is 55.5. The molecule has 0 spiro atoms. The average molecular weight is 1350 g/mol. The van der Waals surface area contributed by atoms with Crippen molar-refractivity contribution in [1.29, 1.82) is 0 Å². The molecule has 1 heterocycles. The number of carbonyl (C=O) groups is 12. The van der Waals surface area contributed by atoms with Crippen LogP contribution in [-0.2, 0) is 64.0 Å². The molecule has 95 heavy (non-hydrogen) atoms. The van der Waals surface area contributed by atoms with Gasteiger partial charge in [-0.25, -0.2) is 0 Å². The number of carbonyl (C=O) groups excluding carboxylic acids is 12. The number of guanidine groups is 1. The predicted molar refractivity (Wildman–Crippen MR) is 353 cm³/mol. The molecule has 1 aliphatic heterocycles. The van der Waals surface area contributed by atoms with Crippen LogP contribution in [0.3, 0.4) is 0 Å². The average Bonchev–Trinajstić information content (AvgIpc) is 1.13. The molecule has 1 aliphatic rings. The smallest absolute Gasteiger partial charge is 0.245 e. The molecule has 1 fully saturated rings. The molecular weight excluding hydrogens is 1240 g/mol. The van der Waals surface area contributed by atoms with Crippen LogP contribution in [0.1, 0.15) is 136 Å². The Labute approximate surface area is 555 Å². The molecule has 0 bridgehead atoms. The zero-order chi connectivity index (χ0) is 71.2. The maximum atomic E-state index is 14.7. The van der Waals surface area contributed by atoms with Crippen LogP contribution in [0, 0.1) is 5.92 Å². The highest BCUT2D eigenvalue weighted by molar-refractivity contribution is 5.99. The molecule has 28 N–H and O–H groups in total. The van der Waals surface area contributed by atoms with Gasteiger partial charge in [0, 0.05) is 32.5 Å². The van der Waals surface area contributed by atoms with E-state index in [1.54, 1.807) is 44.2 Å². The van der Waals surface area contributed by atoms with Crippen molar-refractivity contribution in [2.75, 3.05) is 45.8 Å². The molecule has 1 aromatic carbocycles. The van der Waals surface area contributed by atoms with Gasteiger partial charge in [0.1, 0.15) is 60.4 Å². The minimum absolute atomic E-state index is 0.00702. The number of nitrogens with one attached hydrogen (secondary N) is 12. The second-order valence-electron chi connectivity index (χ2n) is 24.0. The molecule has 0 aromatic heterocycles. The SMILES string of the molecule is CCCCCCCC(=O)N[C@@H](CCN)C(=O)N[C@H](C(=O)N[C@@H](CCN)C(=O)N[C@H]1CCNC(=O)[C@H]([C@@H](C)O)NC(=O)[C@H](CCNC(=O)[C@@H](N)CCCN=C(N)N)NC(=O)[C@H](CCN)NC(=O)[C@H](CC(C)C)NC(=O)[C@@H](Cc2ccccc2)NC(=O)[C@H](CCN)NC1=O)[C@@H](C)O. The van der Waals surface area contributed by atoms with Crippen LogP contribution in [0.4, 0.5) is 0 Å². The Morgan fingerprint density at radius 3 is 1.68 bits per heavy atom. The summed E-state index contributed by atoms with van der Waals surface area (Å²) in [7, 11) is 0. The van der Waals surface area contributed by atoms with Gasteiger partial charge in [-0.05, 0) is 116 Å². The highest BCUT2D eigenvalue weighted by atomic mass is 16.3. The first-order valence-corrected chi connectivity index (χ1v) is 32.7. The summed E-state index contributed by atoms with van der Waals surface area (Å²) in [6.07, 6.45) is -0.169. The van der Waals surface area contributed by atoms with Gasteiger partial charge in [0.15, 0.2) is 5.96 Å². The van der Waals surface area contributed by atoms with Crippen LogP contribution >= 0.6 is 0 Å². The molecule has 0 radical (unpaired) electrons. The van der Waals surface area contributed by atoms with Gasteiger partial charge in [-0.3, -0.25) is 62.5 Å². The van der Waals surface area contributed by atoms with Crippen LogP contribution in [0.2, 0.25) is 0 Å². The highest BCUT2D eigenvalue weighted by Gasteiger charge is 2.38. The molecule has 34 nitrogen and oxygen atoms in total. The summed E-state index contributed by atoms with van der Waals surface area (Å²) < 4.78 is 0. The molecule has 13 atom stereocenters. The molecular formula is C61H108N20O14. The third-order valence-corrected chi connectivity index (χ3v) is 15.3. The van der Waals surface area contributed by atoms with E-state index in [4.69, 9.17) is 40.1 Å². The van der Waals surface area contributed by atoms with Crippen molar-refractivity contribution >= 4 is 76.8 Å². The standard InChI is InChI=1S/C61H108N20O14/c1-6-7-8-9-13-18-47(84)72-39(19-25-62)55(90)81-49(36(5)83)60(95)77-42(22-28-65)52(87)75-43-24-31-70-59(94)48(35(4)82)80-56(91)44(23-30-69-50(85)38(66)17-14-29-71-61(67)68)76-51(86)40(20-26-63)74-57(92)45(32-34(2)3)78-58(93)46(33-37-15-11-10-12-16-37)79-53(88)41(21-27-64)73-54(43)89/h10-12,15-16,34-36,38-46,48-49,82-83H,6-9,13-14,17-33,62-66H2,1-5H3,(H,69,85)(H,70,94)(H,72,84)(H,73,89)(H,74,92)(H,75,87)(H,76,86)(H,77,95)(H,78,93)(H,79,88)(H,80,91)(H,81,90)(H4,67,68,71)/t35-,36-,38+,39+,40+,41+,42+,43+,44+,45+,46-,48+,49+/m1/s1. The van der Waals surface area contributed by atoms with E-state index in [0.29, 0.717) is 18.4 Å². The van der Waals surface area contributed by atoms with Crippen molar-refractivity contribution in [3.8, 4) is 0 Å². The van der Waals surface area contributed by atoms with E-state index in [1.165, 1.54) is 6.92 Å². The van der Waals surface area contributed by atoms with E-state index < -0.39 is 163 Å². The lowest BCUT2D eigenvalue weighted by Gasteiger charge is -2.29. The lowest BCUT2D eigenvalue weighted by Crippen LogP contribution is -2.62. The Morgan fingerprint density at radius 2 is 1.13 bits per heavy atom. The monoisotopic (exact) mass is 1340 g/mol. The Morgan fingerprint density at radius 1 is 0.589 bits per heavy atom.